The molecule has 0 aromatic carbocycles. The van der Waals surface area contributed by atoms with E-state index in [0.29, 0.717) is 5.54 Å². The molecule has 1 heterocycles. The average molecular weight is 282 g/mol. The highest BCUT2D eigenvalue weighted by molar-refractivity contribution is 4.95. The predicted octanol–water partition coefficient (Wildman–Crippen LogP) is 3.19. The van der Waals surface area contributed by atoms with Crippen LogP contribution in [0.25, 0.3) is 0 Å². The molecule has 20 heavy (non-hydrogen) atoms. The molecule has 0 aromatic rings. The molecule has 0 radical (unpaired) electrons. The molecule has 1 saturated heterocycles. The van der Waals surface area contributed by atoms with Gasteiger partial charge in [-0.05, 0) is 45.2 Å². The topological polar surface area (TPSA) is 24.5 Å². The maximum absolute atomic E-state index is 5.69. The first-order valence-corrected chi connectivity index (χ1v) is 8.90. The summed E-state index contributed by atoms with van der Waals surface area (Å²) in [6.45, 7) is 9.07. The minimum Gasteiger partial charge on any atom is -0.381 e. The Labute approximate surface area is 125 Å². The molecule has 1 saturated carbocycles. The molecule has 0 aromatic heterocycles. The summed E-state index contributed by atoms with van der Waals surface area (Å²) in [6.07, 6.45) is 12.0. The van der Waals surface area contributed by atoms with Crippen LogP contribution in [0, 0.1) is 0 Å². The monoisotopic (exact) mass is 282 g/mol. The van der Waals surface area contributed by atoms with E-state index in [4.69, 9.17) is 4.74 Å². The van der Waals surface area contributed by atoms with Crippen molar-refractivity contribution in [1.29, 1.82) is 0 Å². The largest absolute Gasteiger partial charge is 0.381 e. The van der Waals surface area contributed by atoms with Crippen LogP contribution in [0.3, 0.4) is 0 Å². The maximum atomic E-state index is 5.69. The highest BCUT2D eigenvalue weighted by atomic mass is 16.5. The summed E-state index contributed by atoms with van der Waals surface area (Å²) < 4.78 is 5.69. The molecule has 0 atom stereocenters. The van der Waals surface area contributed by atoms with Gasteiger partial charge >= 0.3 is 0 Å². The van der Waals surface area contributed by atoms with Crippen molar-refractivity contribution in [2.75, 3.05) is 39.4 Å². The van der Waals surface area contributed by atoms with Crippen LogP contribution in [0.5, 0.6) is 0 Å². The lowest BCUT2D eigenvalue weighted by Gasteiger charge is -2.40. The number of ether oxygens (including phenoxy) is 1. The van der Waals surface area contributed by atoms with Gasteiger partial charge in [0.05, 0.1) is 0 Å². The van der Waals surface area contributed by atoms with E-state index in [1.54, 1.807) is 0 Å². The Kier molecular flexibility index (Phi) is 7.32. The van der Waals surface area contributed by atoms with Gasteiger partial charge in [0.25, 0.3) is 0 Å². The van der Waals surface area contributed by atoms with Gasteiger partial charge in [0, 0.05) is 31.8 Å². The summed E-state index contributed by atoms with van der Waals surface area (Å²) in [4.78, 5) is 2.69. The summed E-state index contributed by atoms with van der Waals surface area (Å²) in [5.74, 6) is 0. The zero-order chi connectivity index (χ0) is 14.1. The Morgan fingerprint density at radius 3 is 2.65 bits per heavy atom. The Balaban J connectivity index is 1.67. The molecular weight excluding hydrogens is 248 g/mol. The number of nitrogens with zero attached hydrogens (tertiary/aromatic N) is 1. The molecular formula is C17H34N2O. The molecule has 2 rings (SSSR count). The van der Waals surface area contributed by atoms with Gasteiger partial charge in [-0.1, -0.05) is 32.6 Å². The maximum Gasteiger partial charge on any atom is 0.0478 e. The Hall–Kier alpha value is -0.120. The van der Waals surface area contributed by atoms with Gasteiger partial charge in [-0.2, -0.15) is 0 Å². The summed E-state index contributed by atoms with van der Waals surface area (Å²) in [6, 6.07) is 0. The Morgan fingerprint density at radius 2 is 1.85 bits per heavy atom. The standard InChI is InChI=1S/C17H34N2O/c1-2-3-14-20-15-8-13-19-12-7-11-18-17(16-19)9-5-4-6-10-17/h18H,2-16H2,1H3. The Bertz CT molecular complexity index is 251. The molecule has 1 aliphatic heterocycles. The van der Waals surface area contributed by atoms with Crippen LogP contribution in [0.15, 0.2) is 0 Å². The third-order valence-corrected chi connectivity index (χ3v) is 4.89. The first-order chi connectivity index (χ1) is 9.85. The van der Waals surface area contributed by atoms with Gasteiger partial charge in [-0.15, -0.1) is 0 Å². The second-order valence-corrected chi connectivity index (χ2v) is 6.72. The molecule has 0 bridgehead atoms. The summed E-state index contributed by atoms with van der Waals surface area (Å²) >= 11 is 0. The molecule has 1 N–H and O–H groups in total. The first-order valence-electron chi connectivity index (χ1n) is 8.90. The summed E-state index contributed by atoms with van der Waals surface area (Å²) in [7, 11) is 0. The molecule has 0 unspecified atom stereocenters. The Morgan fingerprint density at radius 1 is 1.05 bits per heavy atom. The van der Waals surface area contributed by atoms with Crippen LogP contribution in [-0.4, -0.2) is 49.8 Å². The third-order valence-electron chi connectivity index (χ3n) is 4.89. The number of hydrogen-bond donors (Lipinski definition) is 1. The van der Waals surface area contributed by atoms with E-state index in [-0.39, 0.29) is 0 Å². The van der Waals surface area contributed by atoms with Crippen molar-refractivity contribution in [1.82, 2.24) is 10.2 Å². The molecule has 118 valence electrons. The van der Waals surface area contributed by atoms with Crippen molar-refractivity contribution in [3.63, 3.8) is 0 Å². The predicted molar refractivity (Wildman–Crippen MR) is 85.2 cm³/mol. The molecule has 3 heteroatoms. The highest BCUT2D eigenvalue weighted by Crippen LogP contribution is 2.30. The van der Waals surface area contributed by atoms with Crippen LogP contribution in [0.4, 0.5) is 0 Å². The van der Waals surface area contributed by atoms with Crippen molar-refractivity contribution in [2.45, 2.75) is 70.3 Å². The van der Waals surface area contributed by atoms with Crippen LogP contribution < -0.4 is 5.32 Å². The quantitative estimate of drug-likeness (QED) is 0.726. The lowest BCUT2D eigenvalue weighted by Crippen LogP contribution is -2.52. The van der Waals surface area contributed by atoms with Gasteiger partial charge in [-0.3, -0.25) is 0 Å². The van der Waals surface area contributed by atoms with Crippen LogP contribution in [0.1, 0.15) is 64.7 Å². The second kappa shape index (κ2) is 9.01. The zero-order valence-electron chi connectivity index (χ0n) is 13.5. The zero-order valence-corrected chi connectivity index (χ0v) is 13.5. The van der Waals surface area contributed by atoms with Crippen molar-refractivity contribution in [2.24, 2.45) is 0 Å². The van der Waals surface area contributed by atoms with Crippen molar-refractivity contribution >= 4 is 0 Å². The normalized spacial score (nSPS) is 23.9. The second-order valence-electron chi connectivity index (χ2n) is 6.72. The van der Waals surface area contributed by atoms with E-state index in [1.165, 1.54) is 84.0 Å². The number of nitrogens with one attached hydrogen (secondary N) is 1. The highest BCUT2D eigenvalue weighted by Gasteiger charge is 2.34. The van der Waals surface area contributed by atoms with E-state index in [0.717, 1.165) is 13.2 Å². The van der Waals surface area contributed by atoms with Gasteiger partial charge in [0.15, 0.2) is 0 Å². The fourth-order valence-electron chi connectivity index (χ4n) is 3.71. The lowest BCUT2D eigenvalue weighted by molar-refractivity contribution is 0.109. The lowest BCUT2D eigenvalue weighted by atomic mass is 9.81. The number of rotatable bonds is 7. The molecule has 2 aliphatic rings. The van der Waals surface area contributed by atoms with Crippen molar-refractivity contribution in [3.05, 3.63) is 0 Å². The van der Waals surface area contributed by atoms with E-state index in [2.05, 4.69) is 17.1 Å². The van der Waals surface area contributed by atoms with Crippen LogP contribution >= 0.6 is 0 Å². The van der Waals surface area contributed by atoms with E-state index >= 15 is 0 Å². The summed E-state index contributed by atoms with van der Waals surface area (Å²) in [5, 5.41) is 3.87. The van der Waals surface area contributed by atoms with Crippen LogP contribution in [0.2, 0.25) is 0 Å². The van der Waals surface area contributed by atoms with Crippen LogP contribution in [-0.2, 0) is 4.74 Å². The smallest absolute Gasteiger partial charge is 0.0478 e. The molecule has 1 aliphatic carbocycles. The fourth-order valence-corrected chi connectivity index (χ4v) is 3.71. The van der Waals surface area contributed by atoms with E-state index in [1.807, 2.05) is 0 Å². The van der Waals surface area contributed by atoms with E-state index in [9.17, 15) is 0 Å². The fraction of sp³-hybridized carbons (Fsp3) is 1.00. The van der Waals surface area contributed by atoms with Gasteiger partial charge in [-0.25, -0.2) is 0 Å². The summed E-state index contributed by atoms with van der Waals surface area (Å²) in [5.41, 5.74) is 0.442. The minimum absolute atomic E-state index is 0.442. The van der Waals surface area contributed by atoms with Gasteiger partial charge in [0.2, 0.25) is 0 Å². The first kappa shape index (κ1) is 16.3. The SMILES string of the molecule is CCCCOCCCN1CCCNC2(CCCCC2)C1. The van der Waals surface area contributed by atoms with Gasteiger partial charge < -0.3 is 15.0 Å². The molecule has 1 spiro atoms. The van der Waals surface area contributed by atoms with Gasteiger partial charge in [0.1, 0.15) is 0 Å². The van der Waals surface area contributed by atoms with Crippen molar-refractivity contribution in [3.8, 4) is 0 Å². The average Bonchev–Trinajstić information content (AvgIpc) is 2.66. The molecule has 2 fully saturated rings. The number of unbranched alkanes of at least 4 members (excludes halogenated alkanes) is 1. The number of hydrogen-bond acceptors (Lipinski definition) is 3. The molecule has 3 nitrogen and oxygen atoms in total. The third kappa shape index (κ3) is 5.34. The molecule has 0 amide bonds. The van der Waals surface area contributed by atoms with E-state index < -0.39 is 0 Å². The minimum atomic E-state index is 0.442. The van der Waals surface area contributed by atoms with Crippen molar-refractivity contribution < 1.29 is 4.74 Å².